The highest BCUT2D eigenvalue weighted by Gasteiger charge is 1.90. The standard InChI is InChI=1S/C12H21P/c1-4-7-10-13(11-8-5-2)12-9-6-3/h7-12H,4-6H2,1-3H3. The van der Waals surface area contributed by atoms with E-state index in [1.807, 2.05) is 0 Å². The van der Waals surface area contributed by atoms with Gasteiger partial charge in [-0.2, -0.15) is 0 Å². The van der Waals surface area contributed by atoms with E-state index in [1.54, 1.807) is 0 Å². The van der Waals surface area contributed by atoms with Gasteiger partial charge in [-0.25, -0.2) is 0 Å². The molecule has 74 valence electrons. The molecule has 0 saturated heterocycles. The Morgan fingerprint density at radius 2 is 1.00 bits per heavy atom. The van der Waals surface area contributed by atoms with Crippen LogP contribution in [0.25, 0.3) is 0 Å². The van der Waals surface area contributed by atoms with E-state index in [0.29, 0.717) is 0 Å². The van der Waals surface area contributed by atoms with Crippen molar-refractivity contribution in [3.63, 3.8) is 0 Å². The van der Waals surface area contributed by atoms with Crippen LogP contribution in [0.2, 0.25) is 0 Å². The molecule has 0 saturated carbocycles. The summed E-state index contributed by atoms with van der Waals surface area (Å²) in [4.78, 5) is 0. The fraction of sp³-hybridized carbons (Fsp3) is 0.500. The lowest BCUT2D eigenvalue weighted by atomic mass is 10.5. The molecule has 0 fully saturated rings. The van der Waals surface area contributed by atoms with Crippen molar-refractivity contribution in [2.24, 2.45) is 0 Å². The molecule has 0 heterocycles. The summed E-state index contributed by atoms with van der Waals surface area (Å²) in [5, 5.41) is 0. The Bertz CT molecular complexity index is 144. The third-order valence-electron chi connectivity index (χ3n) is 1.54. The Morgan fingerprint density at radius 3 is 1.23 bits per heavy atom. The van der Waals surface area contributed by atoms with E-state index in [-0.39, 0.29) is 7.92 Å². The first-order chi connectivity index (χ1) is 6.35. The molecule has 0 amide bonds. The van der Waals surface area contributed by atoms with Gasteiger partial charge < -0.3 is 0 Å². The first kappa shape index (κ1) is 12.7. The van der Waals surface area contributed by atoms with E-state index >= 15 is 0 Å². The summed E-state index contributed by atoms with van der Waals surface area (Å²) in [5.74, 6) is 6.98. The average Bonchev–Trinajstić information content (AvgIpc) is 2.17. The summed E-state index contributed by atoms with van der Waals surface area (Å²) in [6, 6.07) is 0. The van der Waals surface area contributed by atoms with Gasteiger partial charge in [-0.15, -0.1) is 0 Å². The maximum absolute atomic E-state index is 2.33. The molecular weight excluding hydrogens is 175 g/mol. The molecule has 0 rings (SSSR count). The van der Waals surface area contributed by atoms with Crippen molar-refractivity contribution >= 4 is 7.92 Å². The second kappa shape index (κ2) is 9.74. The van der Waals surface area contributed by atoms with Crippen LogP contribution in [-0.4, -0.2) is 0 Å². The zero-order valence-corrected chi connectivity index (χ0v) is 9.93. The highest BCUT2D eigenvalue weighted by Crippen LogP contribution is 2.40. The van der Waals surface area contributed by atoms with Crippen LogP contribution >= 0.6 is 7.92 Å². The first-order valence-corrected chi connectivity index (χ1v) is 6.67. The molecule has 0 unspecified atom stereocenters. The quantitative estimate of drug-likeness (QED) is 0.509. The summed E-state index contributed by atoms with van der Waals surface area (Å²) < 4.78 is 0. The zero-order chi connectivity index (χ0) is 9.94. The Hall–Kier alpha value is -0.350. The van der Waals surface area contributed by atoms with E-state index in [4.69, 9.17) is 0 Å². The topological polar surface area (TPSA) is 0 Å². The smallest absolute Gasteiger partial charge is 0.0368 e. The number of hydrogen-bond acceptors (Lipinski definition) is 0. The Morgan fingerprint density at radius 1 is 0.692 bits per heavy atom. The van der Waals surface area contributed by atoms with Gasteiger partial charge in [-0.3, -0.25) is 0 Å². The lowest BCUT2D eigenvalue weighted by molar-refractivity contribution is 1.22. The molecule has 0 aliphatic carbocycles. The van der Waals surface area contributed by atoms with Crippen molar-refractivity contribution in [3.8, 4) is 0 Å². The van der Waals surface area contributed by atoms with Gasteiger partial charge >= 0.3 is 0 Å². The SMILES string of the molecule is CCC=CP(C=CCC)C=CCC. The van der Waals surface area contributed by atoms with E-state index in [2.05, 4.69) is 56.5 Å². The Balaban J connectivity index is 4.10. The van der Waals surface area contributed by atoms with Gasteiger partial charge in [-0.1, -0.05) is 56.5 Å². The second-order valence-corrected chi connectivity index (χ2v) is 4.62. The summed E-state index contributed by atoms with van der Waals surface area (Å²) >= 11 is 0. The van der Waals surface area contributed by atoms with Crippen LogP contribution in [0.15, 0.2) is 35.7 Å². The number of allylic oxidation sites excluding steroid dienone is 3. The maximum atomic E-state index is 2.33. The molecule has 0 aromatic rings. The molecule has 0 nitrogen and oxygen atoms in total. The van der Waals surface area contributed by atoms with Crippen LogP contribution in [0.1, 0.15) is 40.0 Å². The van der Waals surface area contributed by atoms with Gasteiger partial charge in [0.05, 0.1) is 0 Å². The molecular formula is C12H21P. The van der Waals surface area contributed by atoms with E-state index in [1.165, 1.54) is 0 Å². The predicted octanol–water partition coefficient (Wildman–Crippen LogP) is 5.24. The van der Waals surface area contributed by atoms with Crippen LogP contribution in [0.3, 0.4) is 0 Å². The van der Waals surface area contributed by atoms with Gasteiger partial charge in [0.25, 0.3) is 0 Å². The molecule has 0 aromatic carbocycles. The first-order valence-electron chi connectivity index (χ1n) is 5.12. The zero-order valence-electron chi connectivity index (χ0n) is 9.03. The van der Waals surface area contributed by atoms with E-state index < -0.39 is 0 Å². The summed E-state index contributed by atoms with van der Waals surface area (Å²) in [6.45, 7) is 6.53. The molecule has 0 spiro atoms. The van der Waals surface area contributed by atoms with Crippen molar-refractivity contribution in [1.82, 2.24) is 0 Å². The van der Waals surface area contributed by atoms with Gasteiger partial charge in [-0.05, 0) is 27.2 Å². The molecule has 0 bridgehead atoms. The lowest BCUT2D eigenvalue weighted by Gasteiger charge is -2.00. The molecule has 13 heavy (non-hydrogen) atoms. The van der Waals surface area contributed by atoms with Crippen molar-refractivity contribution in [2.45, 2.75) is 40.0 Å². The molecule has 0 aliphatic rings. The highest BCUT2D eigenvalue weighted by atomic mass is 31.1. The van der Waals surface area contributed by atoms with Gasteiger partial charge in [0, 0.05) is 0 Å². The minimum absolute atomic E-state index is 0.120. The summed E-state index contributed by atoms with van der Waals surface area (Å²) in [6.07, 6.45) is 10.2. The molecule has 0 aromatic heterocycles. The normalized spacial score (nSPS) is 15.0. The van der Waals surface area contributed by atoms with Crippen LogP contribution in [0.5, 0.6) is 0 Å². The Kier molecular flexibility index (Phi) is 9.47. The molecule has 0 N–H and O–H groups in total. The number of hydrogen-bond donors (Lipinski definition) is 0. The largest absolute Gasteiger partial charge is 0.0837 e. The molecule has 0 atom stereocenters. The van der Waals surface area contributed by atoms with Gasteiger partial charge in [0.1, 0.15) is 0 Å². The predicted molar refractivity (Wildman–Crippen MR) is 65.2 cm³/mol. The third-order valence-corrected chi connectivity index (χ3v) is 3.20. The van der Waals surface area contributed by atoms with Crippen molar-refractivity contribution in [3.05, 3.63) is 35.7 Å². The van der Waals surface area contributed by atoms with Gasteiger partial charge in [0.2, 0.25) is 0 Å². The number of rotatable bonds is 6. The van der Waals surface area contributed by atoms with Crippen molar-refractivity contribution in [2.75, 3.05) is 0 Å². The van der Waals surface area contributed by atoms with Gasteiger partial charge in [0.15, 0.2) is 0 Å². The van der Waals surface area contributed by atoms with E-state index in [9.17, 15) is 0 Å². The highest BCUT2D eigenvalue weighted by molar-refractivity contribution is 7.67. The minimum atomic E-state index is -0.120. The summed E-state index contributed by atoms with van der Waals surface area (Å²) in [7, 11) is -0.120. The van der Waals surface area contributed by atoms with Crippen molar-refractivity contribution < 1.29 is 0 Å². The average molecular weight is 196 g/mol. The minimum Gasteiger partial charge on any atom is -0.0837 e. The van der Waals surface area contributed by atoms with Crippen LogP contribution in [0, 0.1) is 0 Å². The lowest BCUT2D eigenvalue weighted by Crippen LogP contribution is -1.61. The van der Waals surface area contributed by atoms with Crippen LogP contribution in [0.4, 0.5) is 0 Å². The molecule has 0 radical (unpaired) electrons. The maximum Gasteiger partial charge on any atom is -0.0368 e. The Labute approximate surface area is 84.2 Å². The fourth-order valence-electron chi connectivity index (χ4n) is 0.830. The molecule has 1 heteroatoms. The monoisotopic (exact) mass is 196 g/mol. The van der Waals surface area contributed by atoms with Crippen LogP contribution in [-0.2, 0) is 0 Å². The van der Waals surface area contributed by atoms with Crippen LogP contribution < -0.4 is 0 Å². The van der Waals surface area contributed by atoms with E-state index in [0.717, 1.165) is 19.3 Å². The summed E-state index contributed by atoms with van der Waals surface area (Å²) in [5.41, 5.74) is 0. The third kappa shape index (κ3) is 7.99. The van der Waals surface area contributed by atoms with Crippen molar-refractivity contribution in [1.29, 1.82) is 0 Å². The molecule has 0 aliphatic heterocycles. The second-order valence-electron chi connectivity index (χ2n) is 2.83. The fourth-order valence-corrected chi connectivity index (χ4v) is 2.49.